The third-order valence-electron chi connectivity index (χ3n) is 4.74. The lowest BCUT2D eigenvalue weighted by molar-refractivity contribution is -0.115. The summed E-state index contributed by atoms with van der Waals surface area (Å²) in [4.78, 5) is 16.6. The summed E-state index contributed by atoms with van der Waals surface area (Å²) in [6, 6.07) is 5.25. The number of hydrogen-bond acceptors (Lipinski definition) is 5. The summed E-state index contributed by atoms with van der Waals surface area (Å²) in [6.07, 6.45) is 3.35. The number of hydrogen-bond donors (Lipinski definition) is 1. The zero-order chi connectivity index (χ0) is 18.9. The predicted octanol–water partition coefficient (Wildman–Crippen LogP) is 3.81. The van der Waals surface area contributed by atoms with Crippen LogP contribution >= 0.6 is 0 Å². The lowest BCUT2D eigenvalue weighted by atomic mass is 9.97. The molecule has 0 spiro atoms. The summed E-state index contributed by atoms with van der Waals surface area (Å²) in [5, 5.41) is 2.49. The lowest BCUT2D eigenvalue weighted by Crippen LogP contribution is -2.24. The molecule has 1 aliphatic rings. The molecule has 0 aliphatic heterocycles. The fraction of sp³-hybridized carbons (Fsp3) is 0.579. The Morgan fingerprint density at radius 1 is 1.27 bits per heavy atom. The number of carbonyl (C=O) groups is 1. The van der Waals surface area contributed by atoms with Crippen molar-refractivity contribution in [2.75, 3.05) is 11.1 Å². The summed E-state index contributed by atoms with van der Waals surface area (Å²) in [5.74, 6) is 0.244. The van der Waals surface area contributed by atoms with E-state index in [1.807, 2.05) is 20.8 Å². The van der Waals surface area contributed by atoms with E-state index in [0.717, 1.165) is 25.7 Å². The van der Waals surface area contributed by atoms with Crippen molar-refractivity contribution < 1.29 is 17.6 Å². The Labute approximate surface area is 154 Å². The molecule has 6 nitrogen and oxygen atoms in total. The molecule has 0 saturated heterocycles. The molecule has 3 rings (SSSR count). The van der Waals surface area contributed by atoms with E-state index in [1.54, 1.807) is 18.2 Å². The van der Waals surface area contributed by atoms with Crippen LogP contribution in [0.3, 0.4) is 0 Å². The van der Waals surface area contributed by atoms with E-state index < -0.39 is 9.84 Å². The molecular formula is C19H26N2O4S. The number of rotatable bonds is 5. The van der Waals surface area contributed by atoms with E-state index in [0.29, 0.717) is 22.7 Å². The number of nitrogens with one attached hydrogen (secondary N) is 1. The van der Waals surface area contributed by atoms with E-state index >= 15 is 0 Å². The fourth-order valence-electron chi connectivity index (χ4n) is 3.20. The van der Waals surface area contributed by atoms with Gasteiger partial charge in [0.25, 0.3) is 0 Å². The van der Waals surface area contributed by atoms with Crippen LogP contribution in [0.25, 0.3) is 11.1 Å². The van der Waals surface area contributed by atoms with Gasteiger partial charge in [-0.1, -0.05) is 33.6 Å². The number of benzene rings is 1. The smallest absolute Gasteiger partial charge is 0.225 e. The van der Waals surface area contributed by atoms with Crippen molar-refractivity contribution in [3.63, 3.8) is 0 Å². The zero-order valence-corrected chi connectivity index (χ0v) is 16.4. The largest absolute Gasteiger partial charge is 0.440 e. The van der Waals surface area contributed by atoms with Crippen LogP contribution in [-0.4, -0.2) is 30.3 Å². The number of carbonyl (C=O) groups excluding carboxylic acids is 1. The number of aromatic nitrogens is 1. The standard InChI is InChI=1S/C19H26N2O4S/c1-19(2,3)18-21-15-12-13(8-9-16(15)25-18)20-17(22)10-11-26(23,24)14-6-4-5-7-14/h8-9,12,14H,4-7,10-11H2,1-3H3,(H,20,22). The highest BCUT2D eigenvalue weighted by Crippen LogP contribution is 2.28. The lowest BCUT2D eigenvalue weighted by Gasteiger charge is -2.11. The maximum atomic E-state index is 12.3. The van der Waals surface area contributed by atoms with Crippen LogP contribution in [0.2, 0.25) is 0 Å². The first-order valence-corrected chi connectivity index (χ1v) is 10.8. The molecule has 1 aromatic heterocycles. The molecule has 2 aromatic rings. The third-order valence-corrected chi connectivity index (χ3v) is 7.00. The summed E-state index contributed by atoms with van der Waals surface area (Å²) < 4.78 is 30.3. The molecule has 1 aliphatic carbocycles. The molecule has 0 bridgehead atoms. The van der Waals surface area contributed by atoms with Gasteiger partial charge in [0.2, 0.25) is 11.8 Å². The van der Waals surface area contributed by atoms with Crippen LogP contribution in [0.5, 0.6) is 0 Å². The van der Waals surface area contributed by atoms with Gasteiger partial charge in [0.15, 0.2) is 15.4 Å². The van der Waals surface area contributed by atoms with Gasteiger partial charge in [-0.05, 0) is 31.0 Å². The summed E-state index contributed by atoms with van der Waals surface area (Å²) in [5.41, 5.74) is 1.73. The summed E-state index contributed by atoms with van der Waals surface area (Å²) >= 11 is 0. The quantitative estimate of drug-likeness (QED) is 0.854. The Balaban J connectivity index is 1.63. The minimum absolute atomic E-state index is 0.0249. The molecule has 1 aromatic carbocycles. The molecule has 1 fully saturated rings. The van der Waals surface area contributed by atoms with Crippen LogP contribution in [-0.2, 0) is 20.0 Å². The number of anilines is 1. The second-order valence-electron chi connectivity index (χ2n) is 8.02. The molecule has 26 heavy (non-hydrogen) atoms. The third kappa shape index (κ3) is 4.26. The fourth-order valence-corrected chi connectivity index (χ4v) is 5.05. The summed E-state index contributed by atoms with van der Waals surface area (Å²) in [6.45, 7) is 6.06. The Hall–Kier alpha value is -1.89. The van der Waals surface area contributed by atoms with Crippen molar-refractivity contribution in [2.45, 2.75) is 63.5 Å². The topological polar surface area (TPSA) is 89.3 Å². The highest BCUT2D eigenvalue weighted by molar-refractivity contribution is 7.92. The van der Waals surface area contributed by atoms with Crippen LogP contribution in [0, 0.1) is 0 Å². The van der Waals surface area contributed by atoms with Crippen molar-refractivity contribution >= 4 is 32.5 Å². The zero-order valence-electron chi connectivity index (χ0n) is 15.5. The predicted molar refractivity (Wildman–Crippen MR) is 102 cm³/mol. The number of amides is 1. The molecular weight excluding hydrogens is 352 g/mol. The number of nitrogens with zero attached hydrogens (tertiary/aromatic N) is 1. The first-order chi connectivity index (χ1) is 12.1. The van der Waals surface area contributed by atoms with Crippen molar-refractivity contribution in [1.29, 1.82) is 0 Å². The van der Waals surface area contributed by atoms with E-state index in [-0.39, 0.29) is 28.7 Å². The highest BCUT2D eigenvalue weighted by Gasteiger charge is 2.29. The molecule has 0 unspecified atom stereocenters. The van der Waals surface area contributed by atoms with E-state index in [2.05, 4.69) is 10.3 Å². The van der Waals surface area contributed by atoms with Gasteiger partial charge in [0.05, 0.1) is 11.0 Å². The molecule has 1 saturated carbocycles. The van der Waals surface area contributed by atoms with Crippen molar-refractivity contribution in [2.24, 2.45) is 0 Å². The van der Waals surface area contributed by atoms with E-state index in [1.165, 1.54) is 0 Å². The SMILES string of the molecule is CC(C)(C)c1nc2cc(NC(=O)CCS(=O)(=O)C3CCCC3)ccc2o1. The van der Waals surface area contributed by atoms with Gasteiger partial charge >= 0.3 is 0 Å². The monoisotopic (exact) mass is 378 g/mol. The number of oxazole rings is 1. The molecule has 142 valence electrons. The van der Waals surface area contributed by atoms with Crippen LogP contribution in [0.4, 0.5) is 5.69 Å². The van der Waals surface area contributed by atoms with E-state index in [9.17, 15) is 13.2 Å². The van der Waals surface area contributed by atoms with E-state index in [4.69, 9.17) is 4.42 Å². The Bertz CT molecular complexity index is 903. The number of sulfone groups is 1. The van der Waals surface area contributed by atoms with Gasteiger partial charge in [0, 0.05) is 17.5 Å². The second-order valence-corrected chi connectivity index (χ2v) is 10.4. The van der Waals surface area contributed by atoms with Gasteiger partial charge in [0.1, 0.15) is 5.52 Å². The first kappa shape index (κ1) is 18.9. The minimum atomic E-state index is -3.18. The van der Waals surface area contributed by atoms with Crippen molar-refractivity contribution in [1.82, 2.24) is 4.98 Å². The van der Waals surface area contributed by atoms with Gasteiger partial charge < -0.3 is 9.73 Å². The average Bonchev–Trinajstić information content (AvgIpc) is 3.22. The molecule has 0 radical (unpaired) electrons. The van der Waals surface area contributed by atoms with Crippen LogP contribution < -0.4 is 5.32 Å². The molecule has 0 atom stereocenters. The average molecular weight is 378 g/mol. The maximum Gasteiger partial charge on any atom is 0.225 e. The second kappa shape index (κ2) is 7.02. The van der Waals surface area contributed by atoms with Gasteiger partial charge in [-0.25, -0.2) is 13.4 Å². The Morgan fingerprint density at radius 2 is 1.96 bits per heavy atom. The van der Waals surface area contributed by atoms with Gasteiger partial charge in [-0.2, -0.15) is 0 Å². The maximum absolute atomic E-state index is 12.3. The molecule has 1 heterocycles. The summed E-state index contributed by atoms with van der Waals surface area (Å²) in [7, 11) is -3.18. The number of fused-ring (bicyclic) bond motifs is 1. The Morgan fingerprint density at radius 3 is 2.62 bits per heavy atom. The highest BCUT2D eigenvalue weighted by atomic mass is 32.2. The molecule has 1 amide bonds. The Kier molecular flexibility index (Phi) is 5.10. The molecule has 1 N–H and O–H groups in total. The van der Waals surface area contributed by atoms with Gasteiger partial charge in [-0.15, -0.1) is 0 Å². The van der Waals surface area contributed by atoms with Gasteiger partial charge in [-0.3, -0.25) is 4.79 Å². The van der Waals surface area contributed by atoms with Crippen molar-refractivity contribution in [3.05, 3.63) is 24.1 Å². The minimum Gasteiger partial charge on any atom is -0.440 e. The van der Waals surface area contributed by atoms with Crippen LogP contribution in [0.15, 0.2) is 22.6 Å². The first-order valence-electron chi connectivity index (χ1n) is 9.08. The van der Waals surface area contributed by atoms with Crippen LogP contribution in [0.1, 0.15) is 58.8 Å². The normalized spacial score (nSPS) is 16.3. The molecule has 7 heteroatoms. The van der Waals surface area contributed by atoms with Crippen molar-refractivity contribution in [3.8, 4) is 0 Å².